The first-order chi connectivity index (χ1) is 11.5. The van der Waals surface area contributed by atoms with Crippen molar-refractivity contribution in [2.24, 2.45) is 5.92 Å². The van der Waals surface area contributed by atoms with Gasteiger partial charge in [0, 0.05) is 29.7 Å². The normalized spacial score (nSPS) is 11.5. The van der Waals surface area contributed by atoms with Crippen molar-refractivity contribution in [3.8, 4) is 0 Å². The molecule has 0 aliphatic rings. The first kappa shape index (κ1) is 16.4. The van der Waals surface area contributed by atoms with E-state index in [0.717, 1.165) is 40.0 Å². The third-order valence-corrected chi connectivity index (χ3v) is 4.33. The van der Waals surface area contributed by atoms with Gasteiger partial charge in [-0.2, -0.15) is 5.10 Å². The minimum Gasteiger partial charge on any atom is -0.356 e. The zero-order chi connectivity index (χ0) is 17.3. The van der Waals surface area contributed by atoms with Gasteiger partial charge in [0.05, 0.1) is 5.52 Å². The lowest BCUT2D eigenvalue weighted by Gasteiger charge is -2.12. The molecule has 1 aromatic carbocycles. The fourth-order valence-corrected chi connectivity index (χ4v) is 2.98. The maximum Gasteiger partial charge on any atom is 0.220 e. The van der Waals surface area contributed by atoms with Crippen molar-refractivity contribution in [3.05, 3.63) is 41.2 Å². The summed E-state index contributed by atoms with van der Waals surface area (Å²) < 4.78 is 1.90. The van der Waals surface area contributed by atoms with Gasteiger partial charge in [-0.3, -0.25) is 4.79 Å². The van der Waals surface area contributed by atoms with Crippen LogP contribution in [0.2, 0.25) is 0 Å². The van der Waals surface area contributed by atoms with Crippen molar-refractivity contribution in [1.82, 2.24) is 19.9 Å². The lowest BCUT2D eigenvalue weighted by Crippen LogP contribution is -2.27. The molecule has 3 rings (SSSR count). The summed E-state index contributed by atoms with van der Waals surface area (Å²) in [5, 5.41) is 8.69. The predicted octanol–water partition coefficient (Wildman–Crippen LogP) is 3.20. The Labute approximate surface area is 142 Å². The van der Waals surface area contributed by atoms with Crippen LogP contribution >= 0.6 is 0 Å². The Hall–Kier alpha value is -2.43. The maximum atomic E-state index is 12.0. The van der Waals surface area contributed by atoms with E-state index in [2.05, 4.69) is 31.2 Å². The van der Waals surface area contributed by atoms with Crippen molar-refractivity contribution in [2.75, 3.05) is 6.54 Å². The highest BCUT2D eigenvalue weighted by atomic mass is 16.1. The summed E-state index contributed by atoms with van der Waals surface area (Å²) >= 11 is 0. The maximum absolute atomic E-state index is 12.0. The number of hydrogen-bond acceptors (Lipinski definition) is 3. The van der Waals surface area contributed by atoms with E-state index in [0.29, 0.717) is 18.8 Å². The second-order valence-corrected chi connectivity index (χ2v) is 6.71. The van der Waals surface area contributed by atoms with Gasteiger partial charge in [0.25, 0.3) is 0 Å². The molecule has 1 amide bonds. The molecule has 0 bridgehead atoms. The van der Waals surface area contributed by atoms with Gasteiger partial charge in [-0.15, -0.1) is 0 Å². The molecular weight excluding hydrogens is 300 g/mol. The van der Waals surface area contributed by atoms with Crippen LogP contribution in [0, 0.1) is 19.8 Å². The smallest absolute Gasteiger partial charge is 0.220 e. The van der Waals surface area contributed by atoms with Gasteiger partial charge in [-0.25, -0.2) is 9.50 Å². The lowest BCUT2D eigenvalue weighted by molar-refractivity contribution is -0.121. The molecule has 2 aromatic heterocycles. The van der Waals surface area contributed by atoms with Crippen molar-refractivity contribution >= 4 is 22.5 Å². The Morgan fingerprint density at radius 1 is 1.25 bits per heavy atom. The molecular formula is C19H24N4O. The third kappa shape index (κ3) is 3.11. The molecule has 0 saturated heterocycles. The predicted molar refractivity (Wildman–Crippen MR) is 96.1 cm³/mol. The Morgan fingerprint density at radius 2 is 2.00 bits per heavy atom. The van der Waals surface area contributed by atoms with Crippen molar-refractivity contribution in [3.63, 3.8) is 0 Å². The summed E-state index contributed by atoms with van der Waals surface area (Å²) in [5.74, 6) is 0.556. The first-order valence-corrected chi connectivity index (χ1v) is 8.47. The van der Waals surface area contributed by atoms with Crippen LogP contribution in [-0.2, 0) is 11.2 Å². The molecule has 0 spiro atoms. The number of carbonyl (C=O) groups is 1. The van der Waals surface area contributed by atoms with E-state index in [1.54, 1.807) is 0 Å². The summed E-state index contributed by atoms with van der Waals surface area (Å²) in [4.78, 5) is 16.7. The Bertz CT molecular complexity index is 895. The van der Waals surface area contributed by atoms with Crippen LogP contribution in [0.3, 0.4) is 0 Å². The zero-order valence-corrected chi connectivity index (χ0v) is 14.8. The number of nitrogens with zero attached hydrogens (tertiary/aromatic N) is 3. The number of benzene rings is 1. The summed E-state index contributed by atoms with van der Waals surface area (Å²) in [6.07, 6.45) is 1.16. The highest BCUT2D eigenvalue weighted by Gasteiger charge is 2.14. The van der Waals surface area contributed by atoms with Crippen LogP contribution in [0.1, 0.15) is 37.2 Å². The summed E-state index contributed by atoms with van der Waals surface area (Å²) in [5.41, 5.74) is 4.97. The molecule has 0 atom stereocenters. The standard InChI is InChI=1S/C19H24N4O/c1-12(2)11-20-18(24)10-9-15-13(3)21-19-16-7-5-6-8-17(16)22-23(19)14(15)4/h5-8,12H,9-11H2,1-4H3,(H,20,24). The van der Waals surface area contributed by atoms with Gasteiger partial charge < -0.3 is 5.32 Å². The summed E-state index contributed by atoms with van der Waals surface area (Å²) in [6.45, 7) is 8.97. The van der Waals surface area contributed by atoms with Crippen LogP contribution in [0.15, 0.2) is 24.3 Å². The molecule has 0 aliphatic carbocycles. The van der Waals surface area contributed by atoms with E-state index in [-0.39, 0.29) is 5.91 Å². The molecule has 0 fully saturated rings. The molecule has 1 N–H and O–H groups in total. The quantitative estimate of drug-likeness (QED) is 0.784. The van der Waals surface area contributed by atoms with Crippen molar-refractivity contribution in [1.29, 1.82) is 0 Å². The van der Waals surface area contributed by atoms with Crippen LogP contribution in [-0.4, -0.2) is 27.0 Å². The van der Waals surface area contributed by atoms with E-state index in [9.17, 15) is 4.79 Å². The van der Waals surface area contributed by atoms with E-state index >= 15 is 0 Å². The van der Waals surface area contributed by atoms with Crippen LogP contribution < -0.4 is 5.32 Å². The third-order valence-electron chi connectivity index (χ3n) is 4.33. The zero-order valence-electron chi connectivity index (χ0n) is 14.8. The van der Waals surface area contributed by atoms with Crippen LogP contribution in [0.5, 0.6) is 0 Å². The molecule has 5 heteroatoms. The van der Waals surface area contributed by atoms with Gasteiger partial charge in [0.15, 0.2) is 5.65 Å². The lowest BCUT2D eigenvalue weighted by atomic mass is 10.1. The van der Waals surface area contributed by atoms with Crippen molar-refractivity contribution < 1.29 is 4.79 Å². The minimum absolute atomic E-state index is 0.0909. The SMILES string of the molecule is Cc1nc2c3ccccc3nn2c(C)c1CCC(=O)NCC(C)C. The molecule has 0 radical (unpaired) electrons. The summed E-state index contributed by atoms with van der Waals surface area (Å²) in [6, 6.07) is 8.03. The average Bonchev–Trinajstić information content (AvgIpc) is 2.91. The number of hydrogen-bond donors (Lipinski definition) is 1. The molecule has 3 aromatic rings. The molecule has 0 aliphatic heterocycles. The van der Waals surface area contributed by atoms with Crippen LogP contribution in [0.25, 0.3) is 16.6 Å². The fourth-order valence-electron chi connectivity index (χ4n) is 2.98. The Morgan fingerprint density at radius 3 is 2.75 bits per heavy atom. The minimum atomic E-state index is 0.0909. The monoisotopic (exact) mass is 324 g/mol. The largest absolute Gasteiger partial charge is 0.356 e. The molecule has 2 heterocycles. The number of amides is 1. The molecule has 126 valence electrons. The Balaban J connectivity index is 1.88. The van der Waals surface area contributed by atoms with Gasteiger partial charge >= 0.3 is 0 Å². The van der Waals surface area contributed by atoms with E-state index < -0.39 is 0 Å². The van der Waals surface area contributed by atoms with Crippen LogP contribution in [0.4, 0.5) is 0 Å². The van der Waals surface area contributed by atoms with Gasteiger partial charge in [0.1, 0.15) is 0 Å². The molecule has 24 heavy (non-hydrogen) atoms. The van der Waals surface area contributed by atoms with Gasteiger partial charge in [-0.1, -0.05) is 26.0 Å². The number of carbonyl (C=O) groups excluding carboxylic acids is 1. The number of rotatable bonds is 5. The highest BCUT2D eigenvalue weighted by Crippen LogP contribution is 2.22. The first-order valence-electron chi connectivity index (χ1n) is 8.47. The average molecular weight is 324 g/mol. The number of fused-ring (bicyclic) bond motifs is 3. The molecule has 0 saturated carbocycles. The molecule has 0 unspecified atom stereocenters. The number of aromatic nitrogens is 3. The Kier molecular flexibility index (Phi) is 4.51. The van der Waals surface area contributed by atoms with Gasteiger partial charge in [0.2, 0.25) is 5.91 Å². The molecule has 5 nitrogen and oxygen atoms in total. The summed E-state index contributed by atoms with van der Waals surface area (Å²) in [7, 11) is 0. The second kappa shape index (κ2) is 6.59. The van der Waals surface area contributed by atoms with Crippen molar-refractivity contribution in [2.45, 2.75) is 40.5 Å². The second-order valence-electron chi connectivity index (χ2n) is 6.71. The fraction of sp³-hybridized carbons (Fsp3) is 0.421. The highest BCUT2D eigenvalue weighted by molar-refractivity contribution is 5.92. The van der Waals surface area contributed by atoms with E-state index in [1.807, 2.05) is 35.7 Å². The van der Waals surface area contributed by atoms with Gasteiger partial charge in [-0.05, 0) is 43.9 Å². The number of nitrogens with one attached hydrogen (secondary N) is 1. The topological polar surface area (TPSA) is 59.3 Å². The van der Waals surface area contributed by atoms with E-state index in [1.165, 1.54) is 0 Å². The van der Waals surface area contributed by atoms with E-state index in [4.69, 9.17) is 4.98 Å². The number of aryl methyl sites for hydroxylation is 2.